The second-order valence-corrected chi connectivity index (χ2v) is 4.77. The van der Waals surface area contributed by atoms with Crippen molar-refractivity contribution in [2.45, 2.75) is 45.2 Å². The summed E-state index contributed by atoms with van der Waals surface area (Å²) in [7, 11) is 0. The topological polar surface area (TPSA) is 49.3 Å². The molecule has 0 saturated heterocycles. The Kier molecular flexibility index (Phi) is 4.84. The van der Waals surface area contributed by atoms with Crippen molar-refractivity contribution in [1.29, 1.82) is 0 Å². The monoisotopic (exact) mass is 253 g/mol. The molecule has 0 bridgehead atoms. The third-order valence-corrected chi connectivity index (χ3v) is 3.13. The van der Waals surface area contributed by atoms with E-state index in [0.29, 0.717) is 12.0 Å². The van der Waals surface area contributed by atoms with Crippen LogP contribution in [0.3, 0.4) is 0 Å². The fourth-order valence-corrected chi connectivity index (χ4v) is 2.12. The van der Waals surface area contributed by atoms with Gasteiger partial charge in [0.2, 0.25) is 0 Å². The summed E-state index contributed by atoms with van der Waals surface area (Å²) in [4.78, 5) is 11.3. The average molecular weight is 253 g/mol. The van der Waals surface area contributed by atoms with Crippen molar-refractivity contribution < 1.29 is 14.3 Å². The van der Waals surface area contributed by atoms with Crippen LogP contribution in [0.5, 0.6) is 0 Å². The van der Waals surface area contributed by atoms with Gasteiger partial charge in [0.25, 0.3) is 0 Å². The summed E-state index contributed by atoms with van der Waals surface area (Å²) < 4.78 is 13.6. The number of hydrogen-bond acceptors (Lipinski definition) is 2. The minimum Gasteiger partial charge on any atom is -0.480 e. The number of nitrogens with one attached hydrogen (secondary N) is 1. The molecule has 0 saturated carbocycles. The molecule has 0 spiro atoms. The molecule has 4 heteroatoms. The Morgan fingerprint density at radius 3 is 2.61 bits per heavy atom. The molecule has 1 aromatic rings. The van der Waals surface area contributed by atoms with Gasteiger partial charge in [-0.1, -0.05) is 31.5 Å². The van der Waals surface area contributed by atoms with Crippen molar-refractivity contribution in [3.63, 3.8) is 0 Å². The first kappa shape index (κ1) is 14.6. The standard InChI is InChI=1S/C14H20FNO2/c1-4-9-14(3,13(17)18)16-10(2)11-7-5-6-8-12(11)15/h5-8,10,16H,4,9H2,1-3H3,(H,17,18). The summed E-state index contributed by atoms with van der Waals surface area (Å²) in [6.45, 7) is 5.34. The quantitative estimate of drug-likeness (QED) is 0.819. The summed E-state index contributed by atoms with van der Waals surface area (Å²) in [6, 6.07) is 6.06. The Bertz CT molecular complexity index is 422. The lowest BCUT2D eigenvalue weighted by Gasteiger charge is -2.30. The molecule has 0 aliphatic rings. The molecule has 1 aromatic carbocycles. The summed E-state index contributed by atoms with van der Waals surface area (Å²) in [5.41, 5.74) is -0.544. The molecule has 0 aliphatic carbocycles. The van der Waals surface area contributed by atoms with E-state index in [0.717, 1.165) is 6.42 Å². The van der Waals surface area contributed by atoms with Gasteiger partial charge in [-0.3, -0.25) is 10.1 Å². The zero-order valence-electron chi connectivity index (χ0n) is 11.0. The Hall–Kier alpha value is -1.42. The summed E-state index contributed by atoms with van der Waals surface area (Å²) >= 11 is 0. The van der Waals surface area contributed by atoms with Crippen molar-refractivity contribution in [3.8, 4) is 0 Å². The average Bonchev–Trinajstić information content (AvgIpc) is 2.29. The van der Waals surface area contributed by atoms with E-state index in [1.165, 1.54) is 6.07 Å². The number of hydrogen-bond donors (Lipinski definition) is 2. The van der Waals surface area contributed by atoms with Crippen LogP contribution in [0, 0.1) is 5.82 Å². The molecule has 2 N–H and O–H groups in total. The lowest BCUT2D eigenvalue weighted by atomic mass is 9.94. The van der Waals surface area contributed by atoms with Gasteiger partial charge >= 0.3 is 5.97 Å². The first-order chi connectivity index (χ1) is 8.40. The van der Waals surface area contributed by atoms with E-state index in [1.807, 2.05) is 6.92 Å². The zero-order valence-corrected chi connectivity index (χ0v) is 11.0. The fourth-order valence-electron chi connectivity index (χ4n) is 2.12. The second-order valence-electron chi connectivity index (χ2n) is 4.77. The largest absolute Gasteiger partial charge is 0.480 e. The van der Waals surface area contributed by atoms with Gasteiger partial charge in [0, 0.05) is 11.6 Å². The molecule has 0 fully saturated rings. The number of aliphatic carboxylic acids is 1. The molecule has 0 radical (unpaired) electrons. The molecule has 0 amide bonds. The maximum absolute atomic E-state index is 13.6. The fraction of sp³-hybridized carbons (Fsp3) is 0.500. The third kappa shape index (κ3) is 3.29. The molecule has 0 heterocycles. The van der Waals surface area contributed by atoms with E-state index in [-0.39, 0.29) is 11.9 Å². The van der Waals surface area contributed by atoms with Crippen LogP contribution in [0.1, 0.15) is 45.2 Å². The zero-order chi connectivity index (χ0) is 13.8. The molecule has 0 aliphatic heterocycles. The van der Waals surface area contributed by atoms with Crippen LogP contribution in [0.15, 0.2) is 24.3 Å². The molecule has 3 nitrogen and oxygen atoms in total. The first-order valence-electron chi connectivity index (χ1n) is 6.16. The number of carboxylic acid groups (broad SMARTS) is 1. The van der Waals surface area contributed by atoms with Crippen molar-refractivity contribution in [3.05, 3.63) is 35.6 Å². The lowest BCUT2D eigenvalue weighted by Crippen LogP contribution is -2.50. The van der Waals surface area contributed by atoms with Crippen LogP contribution in [-0.2, 0) is 4.79 Å². The first-order valence-corrected chi connectivity index (χ1v) is 6.16. The van der Waals surface area contributed by atoms with E-state index < -0.39 is 11.5 Å². The highest BCUT2D eigenvalue weighted by Gasteiger charge is 2.33. The Morgan fingerprint density at radius 1 is 1.50 bits per heavy atom. The molecule has 0 aromatic heterocycles. The highest BCUT2D eigenvalue weighted by atomic mass is 19.1. The minimum absolute atomic E-state index is 0.318. The van der Waals surface area contributed by atoms with Crippen LogP contribution >= 0.6 is 0 Å². The van der Waals surface area contributed by atoms with Crippen molar-refractivity contribution >= 4 is 5.97 Å². The van der Waals surface area contributed by atoms with E-state index >= 15 is 0 Å². The third-order valence-electron chi connectivity index (χ3n) is 3.13. The van der Waals surface area contributed by atoms with Crippen LogP contribution in [0.4, 0.5) is 4.39 Å². The van der Waals surface area contributed by atoms with Crippen LogP contribution in [0.25, 0.3) is 0 Å². The number of carboxylic acids is 1. The molecule has 2 unspecified atom stereocenters. The van der Waals surface area contributed by atoms with Gasteiger partial charge in [-0.15, -0.1) is 0 Å². The van der Waals surface area contributed by atoms with Crippen molar-refractivity contribution in [2.75, 3.05) is 0 Å². The Balaban J connectivity index is 2.89. The number of halogens is 1. The van der Waals surface area contributed by atoms with Crippen LogP contribution in [-0.4, -0.2) is 16.6 Å². The van der Waals surface area contributed by atoms with E-state index in [9.17, 15) is 14.3 Å². The Morgan fingerprint density at radius 2 is 2.11 bits per heavy atom. The Labute approximate surface area is 107 Å². The number of benzene rings is 1. The second kappa shape index (κ2) is 5.96. The smallest absolute Gasteiger partial charge is 0.323 e. The van der Waals surface area contributed by atoms with Crippen molar-refractivity contribution in [1.82, 2.24) is 5.32 Å². The molecular formula is C14H20FNO2. The molecular weight excluding hydrogens is 233 g/mol. The normalized spacial score (nSPS) is 16.0. The van der Waals surface area contributed by atoms with Gasteiger partial charge in [-0.25, -0.2) is 4.39 Å². The maximum Gasteiger partial charge on any atom is 0.323 e. The minimum atomic E-state index is -1.03. The summed E-state index contributed by atoms with van der Waals surface area (Å²) in [6.07, 6.45) is 1.25. The van der Waals surface area contributed by atoms with Gasteiger partial charge in [0.15, 0.2) is 0 Å². The van der Waals surface area contributed by atoms with Crippen molar-refractivity contribution in [2.24, 2.45) is 0 Å². The van der Waals surface area contributed by atoms with Gasteiger partial charge in [0.1, 0.15) is 11.4 Å². The SMILES string of the molecule is CCCC(C)(NC(C)c1ccccc1F)C(=O)O. The van der Waals surface area contributed by atoms with Gasteiger partial charge in [-0.05, 0) is 26.3 Å². The highest BCUT2D eigenvalue weighted by Crippen LogP contribution is 2.22. The van der Waals surface area contributed by atoms with E-state index in [4.69, 9.17) is 0 Å². The highest BCUT2D eigenvalue weighted by molar-refractivity contribution is 5.78. The van der Waals surface area contributed by atoms with E-state index in [2.05, 4.69) is 5.32 Å². The molecule has 1 rings (SSSR count). The van der Waals surface area contributed by atoms with Gasteiger partial charge in [0.05, 0.1) is 0 Å². The lowest BCUT2D eigenvalue weighted by molar-refractivity contribution is -0.144. The summed E-state index contributed by atoms with van der Waals surface area (Å²) in [5, 5.41) is 12.3. The van der Waals surface area contributed by atoms with E-state index in [1.54, 1.807) is 32.0 Å². The predicted octanol–water partition coefficient (Wildman–Crippen LogP) is 3.12. The number of rotatable bonds is 6. The molecule has 2 atom stereocenters. The van der Waals surface area contributed by atoms with Gasteiger partial charge in [-0.2, -0.15) is 0 Å². The summed E-state index contributed by atoms with van der Waals surface area (Å²) in [5.74, 6) is -1.23. The van der Waals surface area contributed by atoms with Crippen LogP contribution in [0.2, 0.25) is 0 Å². The molecule has 100 valence electrons. The van der Waals surface area contributed by atoms with Crippen LogP contribution < -0.4 is 5.32 Å². The maximum atomic E-state index is 13.6. The molecule has 18 heavy (non-hydrogen) atoms. The van der Waals surface area contributed by atoms with Gasteiger partial charge < -0.3 is 5.11 Å². The number of carbonyl (C=O) groups is 1. The predicted molar refractivity (Wildman–Crippen MR) is 68.9 cm³/mol.